The summed E-state index contributed by atoms with van der Waals surface area (Å²) in [7, 11) is -2.32. The summed E-state index contributed by atoms with van der Waals surface area (Å²) < 4.78 is 36.8. The van der Waals surface area contributed by atoms with Crippen LogP contribution in [-0.2, 0) is 14.8 Å². The lowest BCUT2D eigenvalue weighted by molar-refractivity contribution is -0.133. The third kappa shape index (κ3) is 4.30. The number of esters is 1. The van der Waals surface area contributed by atoms with Crippen LogP contribution in [0.15, 0.2) is 53.4 Å². The van der Waals surface area contributed by atoms with Crippen LogP contribution in [0, 0.1) is 6.92 Å². The minimum absolute atomic E-state index is 0.130. The number of nitrogens with one attached hydrogen (secondary N) is 1. The number of carbonyl (C=O) groups excluding carboxylic acids is 1. The Labute approximate surface area is 135 Å². The first kappa shape index (κ1) is 17.0. The summed E-state index contributed by atoms with van der Waals surface area (Å²) in [6.45, 7) is 1.20. The molecule has 0 spiro atoms. The molecule has 0 heterocycles. The summed E-state index contributed by atoms with van der Waals surface area (Å²) in [5.41, 5.74) is 0.595. The number of carbonyl (C=O) groups is 1. The molecule has 0 saturated carbocycles. The topological polar surface area (TPSA) is 81.7 Å². The van der Waals surface area contributed by atoms with Crippen LogP contribution in [0.3, 0.4) is 0 Å². The van der Waals surface area contributed by atoms with Gasteiger partial charge in [0.2, 0.25) is 10.0 Å². The van der Waals surface area contributed by atoms with Crippen LogP contribution in [0.5, 0.6) is 11.5 Å². The molecule has 6 nitrogen and oxygen atoms in total. The van der Waals surface area contributed by atoms with E-state index in [0.717, 1.165) is 0 Å². The van der Waals surface area contributed by atoms with Gasteiger partial charge in [-0.15, -0.1) is 0 Å². The van der Waals surface area contributed by atoms with Crippen LogP contribution in [-0.4, -0.2) is 28.0 Å². The van der Waals surface area contributed by atoms with E-state index >= 15 is 0 Å². The predicted molar refractivity (Wildman–Crippen MR) is 85.0 cm³/mol. The van der Waals surface area contributed by atoms with Crippen molar-refractivity contribution in [2.24, 2.45) is 0 Å². The van der Waals surface area contributed by atoms with Gasteiger partial charge >= 0.3 is 5.97 Å². The molecule has 0 aliphatic carbocycles. The highest BCUT2D eigenvalue weighted by molar-refractivity contribution is 7.89. The number of hydrogen-bond donors (Lipinski definition) is 1. The average molecular weight is 335 g/mol. The minimum Gasteiger partial charge on any atom is -0.493 e. The zero-order chi connectivity index (χ0) is 16.9. The summed E-state index contributed by atoms with van der Waals surface area (Å²) in [6.07, 6.45) is 0. The molecule has 0 fully saturated rings. The fraction of sp³-hybridized carbons (Fsp3) is 0.188. The highest BCUT2D eigenvalue weighted by atomic mass is 32.2. The number of rotatable bonds is 6. The van der Waals surface area contributed by atoms with E-state index in [-0.39, 0.29) is 10.6 Å². The molecule has 7 heteroatoms. The van der Waals surface area contributed by atoms with Gasteiger partial charge in [0.05, 0.1) is 12.0 Å². The Morgan fingerprint density at radius 1 is 1.04 bits per heavy atom. The predicted octanol–water partition coefficient (Wildman–Crippen LogP) is 1.89. The van der Waals surface area contributed by atoms with E-state index in [1.807, 2.05) is 0 Å². The number of ether oxygens (including phenoxy) is 2. The van der Waals surface area contributed by atoms with Gasteiger partial charge in [0.15, 0.2) is 11.5 Å². The lowest BCUT2D eigenvalue weighted by atomic mass is 10.2. The van der Waals surface area contributed by atoms with E-state index in [1.165, 1.54) is 13.2 Å². The molecule has 0 aliphatic heterocycles. The first-order chi connectivity index (χ1) is 10.9. The molecular formula is C16H17NO5S. The molecule has 0 aromatic heterocycles. The Balaban J connectivity index is 2.03. The molecule has 122 valence electrons. The van der Waals surface area contributed by atoms with Gasteiger partial charge in [0, 0.05) is 0 Å². The molecule has 0 unspecified atom stereocenters. The van der Waals surface area contributed by atoms with Gasteiger partial charge in [-0.3, -0.25) is 4.79 Å². The Kier molecular flexibility index (Phi) is 5.36. The van der Waals surface area contributed by atoms with Crippen LogP contribution in [0.2, 0.25) is 0 Å². The van der Waals surface area contributed by atoms with Crippen molar-refractivity contribution in [1.29, 1.82) is 0 Å². The highest BCUT2D eigenvalue weighted by Gasteiger charge is 2.18. The van der Waals surface area contributed by atoms with Crippen molar-refractivity contribution >= 4 is 16.0 Å². The number of para-hydroxylation sites is 2. The summed E-state index contributed by atoms with van der Waals surface area (Å²) in [4.78, 5) is 12.0. The van der Waals surface area contributed by atoms with Crippen LogP contribution in [0.4, 0.5) is 0 Å². The average Bonchev–Trinajstić information content (AvgIpc) is 2.54. The van der Waals surface area contributed by atoms with E-state index in [9.17, 15) is 13.2 Å². The van der Waals surface area contributed by atoms with E-state index in [1.54, 1.807) is 49.4 Å². The zero-order valence-electron chi connectivity index (χ0n) is 12.8. The maximum atomic E-state index is 12.2. The smallest absolute Gasteiger partial charge is 0.326 e. The largest absolute Gasteiger partial charge is 0.493 e. The van der Waals surface area contributed by atoms with Crippen molar-refractivity contribution < 1.29 is 22.7 Å². The van der Waals surface area contributed by atoms with Gasteiger partial charge in [-0.05, 0) is 30.7 Å². The van der Waals surface area contributed by atoms with Crippen molar-refractivity contribution in [3.05, 3.63) is 54.1 Å². The molecule has 2 aromatic carbocycles. The second-order valence-electron chi connectivity index (χ2n) is 4.71. The molecule has 0 bridgehead atoms. The van der Waals surface area contributed by atoms with Crippen LogP contribution in [0.1, 0.15) is 5.56 Å². The van der Waals surface area contributed by atoms with Gasteiger partial charge in [0.25, 0.3) is 0 Å². The maximum Gasteiger partial charge on any atom is 0.326 e. The van der Waals surface area contributed by atoms with Crippen molar-refractivity contribution in [3.63, 3.8) is 0 Å². The third-order valence-corrected chi connectivity index (χ3v) is 4.64. The molecule has 23 heavy (non-hydrogen) atoms. The van der Waals surface area contributed by atoms with Gasteiger partial charge < -0.3 is 9.47 Å². The quantitative estimate of drug-likeness (QED) is 0.644. The normalized spacial score (nSPS) is 11.0. The van der Waals surface area contributed by atoms with E-state index in [2.05, 4.69) is 4.72 Å². The molecule has 0 amide bonds. The molecule has 0 atom stereocenters. The van der Waals surface area contributed by atoms with Crippen molar-refractivity contribution in [2.75, 3.05) is 13.7 Å². The molecule has 0 aliphatic rings. The van der Waals surface area contributed by atoms with Gasteiger partial charge in [-0.1, -0.05) is 30.3 Å². The third-order valence-electron chi connectivity index (χ3n) is 3.08. The monoisotopic (exact) mass is 335 g/mol. The lowest BCUT2D eigenvalue weighted by Crippen LogP contribution is -2.32. The minimum atomic E-state index is -3.78. The Morgan fingerprint density at radius 3 is 2.30 bits per heavy atom. The SMILES string of the molecule is COc1ccccc1OC(=O)CNS(=O)(=O)c1ccccc1C. The molecule has 0 saturated heterocycles. The standard InChI is InChI=1S/C16H17NO5S/c1-12-7-3-6-10-15(12)23(19,20)17-11-16(18)22-14-9-5-4-8-13(14)21-2/h3-10,17H,11H2,1-2H3. The van der Waals surface area contributed by atoms with E-state index < -0.39 is 22.5 Å². The van der Waals surface area contributed by atoms with E-state index in [0.29, 0.717) is 11.3 Å². The summed E-state index contributed by atoms with van der Waals surface area (Å²) in [5, 5.41) is 0. The second kappa shape index (κ2) is 7.26. The molecule has 0 radical (unpaired) electrons. The number of hydrogen-bond acceptors (Lipinski definition) is 5. The first-order valence-electron chi connectivity index (χ1n) is 6.83. The van der Waals surface area contributed by atoms with Crippen LogP contribution in [0.25, 0.3) is 0 Å². The summed E-state index contributed by atoms with van der Waals surface area (Å²) in [6, 6.07) is 13.1. The number of aryl methyl sites for hydroxylation is 1. The van der Waals surface area contributed by atoms with Gasteiger partial charge in [0.1, 0.15) is 6.54 Å². The Bertz CT molecular complexity index is 802. The number of methoxy groups -OCH3 is 1. The Hall–Kier alpha value is -2.38. The number of sulfonamides is 1. The molecule has 1 N–H and O–H groups in total. The van der Waals surface area contributed by atoms with Crippen molar-refractivity contribution in [2.45, 2.75) is 11.8 Å². The van der Waals surface area contributed by atoms with Crippen LogP contribution >= 0.6 is 0 Å². The van der Waals surface area contributed by atoms with Crippen molar-refractivity contribution in [3.8, 4) is 11.5 Å². The van der Waals surface area contributed by atoms with E-state index in [4.69, 9.17) is 9.47 Å². The molecule has 2 aromatic rings. The fourth-order valence-electron chi connectivity index (χ4n) is 1.95. The van der Waals surface area contributed by atoms with Crippen LogP contribution < -0.4 is 14.2 Å². The molecular weight excluding hydrogens is 318 g/mol. The van der Waals surface area contributed by atoms with Gasteiger partial charge in [-0.2, -0.15) is 4.72 Å². The molecule has 2 rings (SSSR count). The zero-order valence-corrected chi connectivity index (χ0v) is 13.6. The second-order valence-corrected chi connectivity index (χ2v) is 6.45. The highest BCUT2D eigenvalue weighted by Crippen LogP contribution is 2.25. The summed E-state index contributed by atoms with van der Waals surface area (Å²) in [5.74, 6) is -0.107. The first-order valence-corrected chi connectivity index (χ1v) is 8.31. The fourth-order valence-corrected chi connectivity index (χ4v) is 3.16. The summed E-state index contributed by atoms with van der Waals surface area (Å²) >= 11 is 0. The van der Waals surface area contributed by atoms with Gasteiger partial charge in [-0.25, -0.2) is 8.42 Å². The number of benzene rings is 2. The Morgan fingerprint density at radius 2 is 1.65 bits per heavy atom. The maximum absolute atomic E-state index is 12.2. The van der Waals surface area contributed by atoms with Crippen molar-refractivity contribution in [1.82, 2.24) is 4.72 Å². The lowest BCUT2D eigenvalue weighted by Gasteiger charge is -2.10.